The van der Waals surface area contributed by atoms with Crippen molar-refractivity contribution in [3.8, 4) is 5.75 Å². The van der Waals surface area contributed by atoms with Crippen LogP contribution in [0, 0.1) is 6.92 Å². The summed E-state index contributed by atoms with van der Waals surface area (Å²) < 4.78 is 5.30. The van der Waals surface area contributed by atoms with Crippen LogP contribution in [0.3, 0.4) is 0 Å². The van der Waals surface area contributed by atoms with Gasteiger partial charge in [-0.15, -0.1) is 0 Å². The number of carboxylic acids is 1. The zero-order chi connectivity index (χ0) is 14.4. The van der Waals surface area contributed by atoms with Crippen molar-refractivity contribution < 1.29 is 24.2 Å². The van der Waals surface area contributed by atoms with E-state index in [4.69, 9.17) is 15.6 Å². The molecule has 102 valence electrons. The zero-order valence-electron chi connectivity index (χ0n) is 10.3. The van der Waals surface area contributed by atoms with Gasteiger partial charge in [-0.3, -0.25) is 10.1 Å². The highest BCUT2D eigenvalue weighted by molar-refractivity contribution is 5.93. The van der Waals surface area contributed by atoms with Gasteiger partial charge in [-0.2, -0.15) is 0 Å². The average Bonchev–Trinajstić information content (AvgIpc) is 2.30. The summed E-state index contributed by atoms with van der Waals surface area (Å²) in [5, 5.41) is 10.8. The molecular weight excluding hydrogens is 252 g/mol. The molecule has 0 aliphatic heterocycles. The number of benzene rings is 1. The summed E-state index contributed by atoms with van der Waals surface area (Å²) >= 11 is 0. The molecule has 0 fully saturated rings. The number of nitrogens with two attached hydrogens (primary N) is 1. The molecule has 1 aromatic carbocycles. The minimum atomic E-state index is -1.05. The zero-order valence-corrected chi connectivity index (χ0v) is 10.3. The van der Waals surface area contributed by atoms with Crippen molar-refractivity contribution in [2.24, 2.45) is 5.73 Å². The number of primary amides is 1. The van der Waals surface area contributed by atoms with Crippen LogP contribution in [-0.4, -0.2) is 29.6 Å². The predicted molar refractivity (Wildman–Crippen MR) is 66.0 cm³/mol. The summed E-state index contributed by atoms with van der Waals surface area (Å²) in [6, 6.07) is 3.70. The largest absolute Gasteiger partial charge is 0.493 e. The number of carboxylic acid groups (broad SMARTS) is 1. The molecule has 0 unspecified atom stereocenters. The summed E-state index contributed by atoms with van der Waals surface area (Å²) in [4.78, 5) is 32.4. The summed E-state index contributed by atoms with van der Waals surface area (Å²) in [6.45, 7) is 1.63. The van der Waals surface area contributed by atoms with Crippen LogP contribution in [-0.2, 0) is 4.79 Å². The maximum atomic E-state index is 11.1. The van der Waals surface area contributed by atoms with Crippen molar-refractivity contribution in [2.75, 3.05) is 6.61 Å². The van der Waals surface area contributed by atoms with E-state index in [1.807, 2.05) is 5.32 Å². The van der Waals surface area contributed by atoms with Gasteiger partial charge in [-0.25, -0.2) is 9.59 Å². The van der Waals surface area contributed by atoms with E-state index in [2.05, 4.69) is 0 Å². The number of carbonyl (C=O) groups excluding carboxylic acids is 2. The first kappa shape index (κ1) is 14.5. The Hall–Kier alpha value is -2.57. The summed E-state index contributed by atoms with van der Waals surface area (Å²) in [5.74, 6) is -1.22. The van der Waals surface area contributed by atoms with Gasteiger partial charge in [0.2, 0.25) is 5.91 Å². The number of imide groups is 1. The van der Waals surface area contributed by atoms with Gasteiger partial charge in [0.15, 0.2) is 0 Å². The van der Waals surface area contributed by atoms with Gasteiger partial charge in [0, 0.05) is 5.56 Å². The van der Waals surface area contributed by atoms with E-state index in [1.54, 1.807) is 19.1 Å². The van der Waals surface area contributed by atoms with E-state index in [1.165, 1.54) is 6.07 Å². The second-order valence-electron chi connectivity index (χ2n) is 3.74. The molecular formula is C12H14N2O5. The lowest BCUT2D eigenvalue weighted by Crippen LogP contribution is -2.35. The van der Waals surface area contributed by atoms with Crippen LogP contribution < -0.4 is 15.8 Å². The fourth-order valence-corrected chi connectivity index (χ4v) is 1.46. The fraction of sp³-hybridized carbons (Fsp3) is 0.250. The first-order chi connectivity index (χ1) is 8.91. The van der Waals surface area contributed by atoms with Gasteiger partial charge in [0.1, 0.15) is 5.75 Å². The molecule has 1 aromatic rings. The predicted octanol–water partition coefficient (Wildman–Crippen LogP) is 0.657. The number of ether oxygens (including phenoxy) is 1. The number of hydrogen-bond donors (Lipinski definition) is 3. The topological polar surface area (TPSA) is 119 Å². The Balaban J connectivity index is 2.59. The van der Waals surface area contributed by atoms with Crippen molar-refractivity contribution in [1.29, 1.82) is 0 Å². The second-order valence-corrected chi connectivity index (χ2v) is 3.74. The lowest BCUT2D eigenvalue weighted by atomic mass is 10.1. The third-order valence-electron chi connectivity index (χ3n) is 2.36. The number of urea groups is 1. The number of amides is 3. The van der Waals surface area contributed by atoms with Crippen LogP contribution in [0.15, 0.2) is 18.2 Å². The summed E-state index contributed by atoms with van der Waals surface area (Å²) in [5.41, 5.74) is 5.39. The molecule has 0 atom stereocenters. The first-order valence-electron chi connectivity index (χ1n) is 5.47. The van der Waals surface area contributed by atoms with Gasteiger partial charge in [-0.05, 0) is 19.1 Å². The normalized spacial score (nSPS) is 9.74. The summed E-state index contributed by atoms with van der Waals surface area (Å²) in [6.07, 6.45) is -0.0559. The van der Waals surface area contributed by atoms with Gasteiger partial charge in [0.25, 0.3) is 0 Å². The number of carbonyl (C=O) groups is 3. The van der Waals surface area contributed by atoms with Gasteiger partial charge >= 0.3 is 12.0 Å². The minimum absolute atomic E-state index is 0.0169. The molecule has 0 aliphatic rings. The van der Waals surface area contributed by atoms with E-state index < -0.39 is 17.9 Å². The minimum Gasteiger partial charge on any atom is -0.493 e. The fourth-order valence-electron chi connectivity index (χ4n) is 1.46. The van der Waals surface area contributed by atoms with Crippen LogP contribution in [0.1, 0.15) is 22.3 Å². The molecule has 0 spiro atoms. The standard InChI is InChI=1S/C12H14N2O5/c1-7-8(11(16)17)3-2-4-9(7)19-6-5-10(15)14-12(13)18/h2-4H,5-6H2,1H3,(H,16,17)(H3,13,14,15,18). The maximum absolute atomic E-state index is 11.1. The Morgan fingerprint density at radius 2 is 2.05 bits per heavy atom. The van der Waals surface area contributed by atoms with Gasteiger partial charge in [-0.1, -0.05) is 6.07 Å². The van der Waals surface area contributed by atoms with Crippen molar-refractivity contribution in [3.63, 3.8) is 0 Å². The van der Waals surface area contributed by atoms with Crippen LogP contribution in [0.4, 0.5) is 4.79 Å². The van der Waals surface area contributed by atoms with E-state index in [-0.39, 0.29) is 18.6 Å². The highest BCUT2D eigenvalue weighted by atomic mass is 16.5. The van der Waals surface area contributed by atoms with Gasteiger partial charge in [0.05, 0.1) is 18.6 Å². The van der Waals surface area contributed by atoms with E-state index in [0.717, 1.165) is 0 Å². The first-order valence-corrected chi connectivity index (χ1v) is 5.47. The van der Waals surface area contributed by atoms with Crippen molar-refractivity contribution in [3.05, 3.63) is 29.3 Å². The number of nitrogens with one attached hydrogen (secondary N) is 1. The molecule has 0 radical (unpaired) electrons. The third kappa shape index (κ3) is 4.30. The van der Waals surface area contributed by atoms with Crippen LogP contribution >= 0.6 is 0 Å². The molecule has 7 nitrogen and oxygen atoms in total. The van der Waals surface area contributed by atoms with E-state index in [9.17, 15) is 14.4 Å². The lowest BCUT2D eigenvalue weighted by Gasteiger charge is -2.10. The quantitative estimate of drug-likeness (QED) is 0.723. The average molecular weight is 266 g/mol. The second kappa shape index (κ2) is 6.39. The molecule has 19 heavy (non-hydrogen) atoms. The molecule has 3 amide bonds. The smallest absolute Gasteiger partial charge is 0.336 e. The molecule has 0 aromatic heterocycles. The van der Waals surface area contributed by atoms with Crippen molar-refractivity contribution in [2.45, 2.75) is 13.3 Å². The highest BCUT2D eigenvalue weighted by Crippen LogP contribution is 2.21. The molecule has 4 N–H and O–H groups in total. The molecule has 0 saturated carbocycles. The SMILES string of the molecule is Cc1c(OCCC(=O)NC(N)=O)cccc1C(=O)O. The molecule has 0 aliphatic carbocycles. The Morgan fingerprint density at radius 1 is 1.37 bits per heavy atom. The van der Waals surface area contributed by atoms with Crippen LogP contribution in [0.2, 0.25) is 0 Å². The Kier molecular flexibility index (Phi) is 4.87. The van der Waals surface area contributed by atoms with E-state index in [0.29, 0.717) is 11.3 Å². The molecule has 1 rings (SSSR count). The van der Waals surface area contributed by atoms with Crippen molar-refractivity contribution in [1.82, 2.24) is 5.32 Å². The van der Waals surface area contributed by atoms with Crippen molar-refractivity contribution >= 4 is 17.9 Å². The maximum Gasteiger partial charge on any atom is 0.336 e. The van der Waals surface area contributed by atoms with Crippen LogP contribution in [0.25, 0.3) is 0 Å². The highest BCUT2D eigenvalue weighted by Gasteiger charge is 2.11. The molecule has 0 bridgehead atoms. The number of hydrogen-bond acceptors (Lipinski definition) is 4. The third-order valence-corrected chi connectivity index (χ3v) is 2.36. The van der Waals surface area contributed by atoms with Crippen LogP contribution in [0.5, 0.6) is 5.75 Å². The summed E-state index contributed by atoms with van der Waals surface area (Å²) in [7, 11) is 0. The van der Waals surface area contributed by atoms with Gasteiger partial charge < -0.3 is 15.6 Å². The number of aromatic carboxylic acids is 1. The Bertz CT molecular complexity index is 513. The molecule has 0 saturated heterocycles. The van der Waals surface area contributed by atoms with E-state index >= 15 is 0 Å². The monoisotopic (exact) mass is 266 g/mol. The lowest BCUT2D eigenvalue weighted by molar-refractivity contribution is -0.120. The Morgan fingerprint density at radius 3 is 2.63 bits per heavy atom. The molecule has 7 heteroatoms. The number of rotatable bonds is 5. The Labute approximate surface area is 109 Å². The molecule has 0 heterocycles.